The van der Waals surface area contributed by atoms with Crippen LogP contribution in [-0.4, -0.2) is 0 Å². The summed E-state index contributed by atoms with van der Waals surface area (Å²) in [6.45, 7) is 2.16. The van der Waals surface area contributed by atoms with Crippen molar-refractivity contribution in [1.82, 2.24) is 0 Å². The quantitative estimate of drug-likeness (QED) is 0.671. The van der Waals surface area contributed by atoms with E-state index in [4.69, 9.17) is 5.26 Å². The van der Waals surface area contributed by atoms with E-state index in [0.29, 0.717) is 5.92 Å². The van der Waals surface area contributed by atoms with Crippen LogP contribution in [0.1, 0.15) is 25.3 Å². The molecule has 0 aromatic heterocycles. The van der Waals surface area contributed by atoms with Crippen LogP contribution in [0, 0.1) is 17.2 Å². The van der Waals surface area contributed by atoms with E-state index in [0.717, 1.165) is 12.8 Å². The largest absolute Gasteiger partial charge is 0.197 e. The molecule has 1 aromatic rings. The van der Waals surface area contributed by atoms with E-state index in [-0.39, 0.29) is 5.41 Å². The molecule has 13 heavy (non-hydrogen) atoms. The Balaban J connectivity index is 2.32. The number of hydrogen-bond acceptors (Lipinski definition) is 1. The Kier molecular flexibility index (Phi) is 1.84. The molecule has 1 aliphatic carbocycles. The smallest absolute Gasteiger partial charge is 0.0854 e. The van der Waals surface area contributed by atoms with Gasteiger partial charge in [0.25, 0.3) is 0 Å². The summed E-state index contributed by atoms with van der Waals surface area (Å²) >= 11 is 0. The fourth-order valence-corrected chi connectivity index (χ4v) is 2.11. The van der Waals surface area contributed by atoms with Gasteiger partial charge in [0.2, 0.25) is 0 Å². The fraction of sp³-hybridized carbons (Fsp3) is 0.417. The molecule has 1 saturated carbocycles. The zero-order valence-electron chi connectivity index (χ0n) is 7.83. The lowest BCUT2D eigenvalue weighted by Gasteiger charge is -2.07. The molecule has 0 aliphatic heterocycles. The zero-order valence-corrected chi connectivity index (χ0v) is 7.83. The molecule has 2 atom stereocenters. The topological polar surface area (TPSA) is 23.8 Å². The predicted molar refractivity (Wildman–Crippen MR) is 52.1 cm³/mol. The van der Waals surface area contributed by atoms with Crippen LogP contribution in [0.3, 0.4) is 0 Å². The lowest BCUT2D eigenvalue weighted by molar-refractivity contribution is 0.701. The van der Waals surface area contributed by atoms with E-state index >= 15 is 0 Å². The molecule has 0 amide bonds. The Morgan fingerprint density at radius 3 is 2.62 bits per heavy atom. The lowest BCUT2D eigenvalue weighted by Crippen LogP contribution is -2.06. The van der Waals surface area contributed by atoms with Crippen LogP contribution in [0.4, 0.5) is 0 Å². The molecular weight excluding hydrogens is 158 g/mol. The Hall–Kier alpha value is -1.29. The monoisotopic (exact) mass is 171 g/mol. The van der Waals surface area contributed by atoms with Crippen LogP contribution in [0.15, 0.2) is 30.3 Å². The van der Waals surface area contributed by atoms with E-state index in [1.165, 1.54) is 5.56 Å². The SMILES string of the molecule is CCC1CC1(C#N)c1ccccc1. The van der Waals surface area contributed by atoms with Crippen LogP contribution < -0.4 is 0 Å². The first-order valence-electron chi connectivity index (χ1n) is 4.80. The molecular formula is C12H13N. The molecule has 0 heterocycles. The zero-order chi connectivity index (χ0) is 9.31. The van der Waals surface area contributed by atoms with Gasteiger partial charge in [-0.2, -0.15) is 5.26 Å². The normalized spacial score (nSPS) is 30.9. The maximum Gasteiger partial charge on any atom is 0.0854 e. The Labute approximate surface area is 79.0 Å². The van der Waals surface area contributed by atoms with E-state index in [2.05, 4.69) is 25.1 Å². The van der Waals surface area contributed by atoms with Crippen molar-refractivity contribution in [2.75, 3.05) is 0 Å². The number of rotatable bonds is 2. The van der Waals surface area contributed by atoms with Crippen LogP contribution in [-0.2, 0) is 5.41 Å². The van der Waals surface area contributed by atoms with Crippen molar-refractivity contribution in [2.24, 2.45) is 5.92 Å². The van der Waals surface area contributed by atoms with Gasteiger partial charge in [-0.25, -0.2) is 0 Å². The summed E-state index contributed by atoms with van der Waals surface area (Å²) in [6.07, 6.45) is 2.16. The van der Waals surface area contributed by atoms with Crippen molar-refractivity contribution in [3.8, 4) is 6.07 Å². The fourth-order valence-electron chi connectivity index (χ4n) is 2.11. The molecule has 1 fully saturated rings. The molecule has 2 rings (SSSR count). The molecule has 0 saturated heterocycles. The molecule has 0 spiro atoms. The Bertz CT molecular complexity index is 336. The highest BCUT2D eigenvalue weighted by Gasteiger charge is 2.54. The summed E-state index contributed by atoms with van der Waals surface area (Å²) in [5.41, 5.74) is 1.06. The second kappa shape index (κ2) is 2.88. The molecule has 0 N–H and O–H groups in total. The average Bonchev–Trinajstić information content (AvgIpc) is 2.94. The van der Waals surface area contributed by atoms with Gasteiger partial charge in [-0.15, -0.1) is 0 Å². The van der Waals surface area contributed by atoms with Gasteiger partial charge in [0, 0.05) is 0 Å². The minimum atomic E-state index is -0.143. The van der Waals surface area contributed by atoms with Crippen molar-refractivity contribution in [3.05, 3.63) is 35.9 Å². The van der Waals surface area contributed by atoms with Gasteiger partial charge < -0.3 is 0 Å². The summed E-state index contributed by atoms with van der Waals surface area (Å²) in [4.78, 5) is 0. The maximum atomic E-state index is 9.16. The summed E-state index contributed by atoms with van der Waals surface area (Å²) in [6, 6.07) is 12.6. The highest BCUT2D eigenvalue weighted by molar-refractivity contribution is 5.40. The summed E-state index contributed by atoms with van der Waals surface area (Å²) in [5.74, 6) is 0.583. The maximum absolute atomic E-state index is 9.16. The summed E-state index contributed by atoms with van der Waals surface area (Å²) in [5, 5.41) is 9.16. The summed E-state index contributed by atoms with van der Waals surface area (Å²) < 4.78 is 0. The molecule has 1 aromatic carbocycles. The third kappa shape index (κ3) is 1.14. The first-order chi connectivity index (χ1) is 6.33. The van der Waals surface area contributed by atoms with Crippen molar-refractivity contribution < 1.29 is 0 Å². The third-order valence-electron chi connectivity index (χ3n) is 3.09. The first kappa shape index (κ1) is 8.31. The minimum absolute atomic E-state index is 0.143. The van der Waals surface area contributed by atoms with E-state index in [1.807, 2.05) is 18.2 Å². The second-order valence-electron chi connectivity index (χ2n) is 3.76. The highest BCUT2D eigenvalue weighted by Crippen LogP contribution is 2.55. The van der Waals surface area contributed by atoms with Gasteiger partial charge in [-0.3, -0.25) is 0 Å². The molecule has 2 unspecified atom stereocenters. The van der Waals surface area contributed by atoms with E-state index in [9.17, 15) is 0 Å². The molecule has 1 aliphatic rings. The van der Waals surface area contributed by atoms with Gasteiger partial charge >= 0.3 is 0 Å². The van der Waals surface area contributed by atoms with Crippen molar-refractivity contribution in [1.29, 1.82) is 5.26 Å². The lowest BCUT2D eigenvalue weighted by atomic mass is 9.94. The van der Waals surface area contributed by atoms with Crippen LogP contribution in [0.5, 0.6) is 0 Å². The Morgan fingerprint density at radius 1 is 1.46 bits per heavy atom. The van der Waals surface area contributed by atoms with Gasteiger partial charge in [0.05, 0.1) is 11.5 Å². The molecule has 0 bridgehead atoms. The van der Waals surface area contributed by atoms with Crippen LogP contribution in [0.2, 0.25) is 0 Å². The van der Waals surface area contributed by atoms with E-state index in [1.54, 1.807) is 0 Å². The number of nitriles is 1. The average molecular weight is 171 g/mol. The van der Waals surface area contributed by atoms with Gasteiger partial charge in [-0.05, 0) is 17.9 Å². The predicted octanol–water partition coefficient (Wildman–Crippen LogP) is 2.88. The number of hydrogen-bond donors (Lipinski definition) is 0. The highest BCUT2D eigenvalue weighted by atomic mass is 14.6. The molecule has 1 heteroatoms. The van der Waals surface area contributed by atoms with Gasteiger partial charge in [0.1, 0.15) is 0 Å². The van der Waals surface area contributed by atoms with Crippen LogP contribution >= 0.6 is 0 Å². The van der Waals surface area contributed by atoms with Crippen LogP contribution in [0.25, 0.3) is 0 Å². The Morgan fingerprint density at radius 2 is 2.15 bits per heavy atom. The first-order valence-corrected chi connectivity index (χ1v) is 4.80. The molecule has 0 radical (unpaired) electrons. The molecule has 1 nitrogen and oxygen atoms in total. The number of nitrogens with zero attached hydrogens (tertiary/aromatic N) is 1. The van der Waals surface area contributed by atoms with Crippen molar-refractivity contribution in [2.45, 2.75) is 25.2 Å². The minimum Gasteiger partial charge on any atom is -0.197 e. The number of benzene rings is 1. The standard InChI is InChI=1S/C12H13N/c1-2-10-8-12(10,9-13)11-6-4-3-5-7-11/h3-7,10H,2,8H2,1H3. The van der Waals surface area contributed by atoms with Crippen molar-refractivity contribution >= 4 is 0 Å². The van der Waals surface area contributed by atoms with E-state index < -0.39 is 0 Å². The molecule has 66 valence electrons. The van der Waals surface area contributed by atoms with Gasteiger partial charge in [0.15, 0.2) is 0 Å². The third-order valence-corrected chi connectivity index (χ3v) is 3.09. The van der Waals surface area contributed by atoms with Crippen molar-refractivity contribution in [3.63, 3.8) is 0 Å². The summed E-state index contributed by atoms with van der Waals surface area (Å²) in [7, 11) is 0. The van der Waals surface area contributed by atoms with Gasteiger partial charge in [-0.1, -0.05) is 43.7 Å². The second-order valence-corrected chi connectivity index (χ2v) is 3.76.